The van der Waals surface area contributed by atoms with Gasteiger partial charge in [0.05, 0.1) is 24.0 Å². The lowest BCUT2D eigenvalue weighted by atomic mass is 9.67. The van der Waals surface area contributed by atoms with E-state index in [0.29, 0.717) is 18.1 Å². The summed E-state index contributed by atoms with van der Waals surface area (Å²) >= 11 is 0. The molecule has 4 rings (SSSR count). The van der Waals surface area contributed by atoms with E-state index in [1.54, 1.807) is 13.3 Å². The molecular weight excluding hydrogens is 332 g/mol. The van der Waals surface area contributed by atoms with Gasteiger partial charge in [0, 0.05) is 50.9 Å². The van der Waals surface area contributed by atoms with Gasteiger partial charge in [0.15, 0.2) is 0 Å². The zero-order chi connectivity index (χ0) is 18.1. The number of ether oxygens (including phenoxy) is 2. The zero-order valence-corrected chi connectivity index (χ0v) is 15.6. The summed E-state index contributed by atoms with van der Waals surface area (Å²) in [6.07, 6.45) is 6.52. The first kappa shape index (κ1) is 17.7. The Labute approximate surface area is 154 Å². The van der Waals surface area contributed by atoms with E-state index in [-0.39, 0.29) is 24.0 Å². The van der Waals surface area contributed by atoms with E-state index in [4.69, 9.17) is 9.47 Å². The number of nitrogens with zero attached hydrogens (tertiary/aromatic N) is 3. The molecule has 3 aliphatic rings. The fourth-order valence-electron chi connectivity index (χ4n) is 4.59. The Morgan fingerprint density at radius 1 is 1.38 bits per heavy atom. The standard InChI is InChI=1S/C19H28N4O3/c1-12-14(10-20-19(21-12)23-7-4-3-5-8-23)18(24)22-16-13-6-9-26-17(13)15(16)11-25-2/h10,13,15-17H,3-9,11H2,1-2H3,(H,22,24)/t13-,15+,16+,17-/m1/s1. The average molecular weight is 360 g/mol. The molecule has 7 nitrogen and oxygen atoms in total. The van der Waals surface area contributed by atoms with Gasteiger partial charge in [-0.25, -0.2) is 9.97 Å². The van der Waals surface area contributed by atoms with Crippen molar-refractivity contribution in [2.45, 2.75) is 44.8 Å². The summed E-state index contributed by atoms with van der Waals surface area (Å²) in [4.78, 5) is 24.1. The fourth-order valence-corrected chi connectivity index (χ4v) is 4.59. The van der Waals surface area contributed by atoms with E-state index in [0.717, 1.165) is 37.8 Å². The van der Waals surface area contributed by atoms with Crippen molar-refractivity contribution in [1.29, 1.82) is 0 Å². The minimum atomic E-state index is -0.0934. The van der Waals surface area contributed by atoms with Crippen molar-refractivity contribution < 1.29 is 14.3 Å². The molecule has 1 N–H and O–H groups in total. The van der Waals surface area contributed by atoms with Gasteiger partial charge in [-0.2, -0.15) is 0 Å². The van der Waals surface area contributed by atoms with Crippen molar-refractivity contribution in [3.05, 3.63) is 17.5 Å². The number of piperidine rings is 1. The molecule has 1 aromatic rings. The number of aromatic nitrogens is 2. The second-order valence-electron chi connectivity index (χ2n) is 7.62. The number of fused-ring (bicyclic) bond motifs is 1. The van der Waals surface area contributed by atoms with Crippen LogP contribution in [0.3, 0.4) is 0 Å². The normalized spacial score (nSPS) is 30.6. The van der Waals surface area contributed by atoms with Gasteiger partial charge in [-0.3, -0.25) is 4.79 Å². The largest absolute Gasteiger partial charge is 0.384 e. The Hall–Kier alpha value is -1.73. The van der Waals surface area contributed by atoms with Gasteiger partial charge in [-0.15, -0.1) is 0 Å². The number of amides is 1. The van der Waals surface area contributed by atoms with Crippen LogP contribution in [0.25, 0.3) is 0 Å². The third kappa shape index (κ3) is 3.18. The van der Waals surface area contributed by atoms with Crippen molar-refractivity contribution >= 4 is 11.9 Å². The summed E-state index contributed by atoms with van der Waals surface area (Å²) in [7, 11) is 1.69. The van der Waals surface area contributed by atoms with E-state index in [1.807, 2.05) is 6.92 Å². The molecule has 0 radical (unpaired) electrons. The molecule has 1 saturated carbocycles. The van der Waals surface area contributed by atoms with Gasteiger partial charge < -0.3 is 19.7 Å². The minimum Gasteiger partial charge on any atom is -0.384 e. The highest BCUT2D eigenvalue weighted by Crippen LogP contribution is 2.43. The van der Waals surface area contributed by atoms with Gasteiger partial charge in [0.25, 0.3) is 5.91 Å². The third-order valence-corrected chi connectivity index (χ3v) is 6.04. The van der Waals surface area contributed by atoms with Crippen LogP contribution in [-0.4, -0.2) is 61.4 Å². The molecule has 26 heavy (non-hydrogen) atoms. The van der Waals surface area contributed by atoms with Crippen molar-refractivity contribution in [3.63, 3.8) is 0 Å². The number of hydrogen-bond acceptors (Lipinski definition) is 6. The van der Waals surface area contributed by atoms with Gasteiger partial charge in [-0.05, 0) is 32.6 Å². The Morgan fingerprint density at radius 2 is 2.19 bits per heavy atom. The Balaban J connectivity index is 1.44. The van der Waals surface area contributed by atoms with Gasteiger partial charge >= 0.3 is 0 Å². The van der Waals surface area contributed by atoms with Gasteiger partial charge in [0.2, 0.25) is 5.95 Å². The van der Waals surface area contributed by atoms with Crippen LogP contribution < -0.4 is 10.2 Å². The summed E-state index contributed by atoms with van der Waals surface area (Å²) in [5.41, 5.74) is 1.30. The van der Waals surface area contributed by atoms with Crippen molar-refractivity contribution in [3.8, 4) is 0 Å². The van der Waals surface area contributed by atoms with Crippen molar-refractivity contribution in [1.82, 2.24) is 15.3 Å². The molecule has 2 aliphatic heterocycles. The van der Waals surface area contributed by atoms with Gasteiger partial charge in [0.1, 0.15) is 0 Å². The summed E-state index contributed by atoms with van der Waals surface area (Å²) in [6.45, 7) is 5.26. The smallest absolute Gasteiger partial charge is 0.254 e. The fraction of sp³-hybridized carbons (Fsp3) is 0.737. The van der Waals surface area contributed by atoms with E-state index in [9.17, 15) is 4.79 Å². The molecular formula is C19H28N4O3. The van der Waals surface area contributed by atoms with Crippen LogP contribution in [0.5, 0.6) is 0 Å². The number of rotatable bonds is 5. The summed E-state index contributed by atoms with van der Waals surface area (Å²) in [5, 5.41) is 3.19. The molecule has 2 saturated heterocycles. The molecule has 3 heterocycles. The first-order chi connectivity index (χ1) is 12.7. The lowest BCUT2D eigenvalue weighted by Crippen LogP contribution is -2.62. The monoisotopic (exact) mass is 360 g/mol. The predicted octanol–water partition coefficient (Wildman–Crippen LogP) is 1.56. The number of aryl methyl sites for hydroxylation is 1. The van der Waals surface area contributed by atoms with Crippen LogP contribution in [0.4, 0.5) is 5.95 Å². The minimum absolute atomic E-state index is 0.0934. The molecule has 4 atom stereocenters. The lowest BCUT2D eigenvalue weighted by Gasteiger charge is -2.47. The van der Waals surface area contributed by atoms with Crippen LogP contribution in [0, 0.1) is 18.8 Å². The number of hydrogen-bond donors (Lipinski definition) is 1. The molecule has 1 aliphatic carbocycles. The molecule has 0 unspecified atom stereocenters. The van der Waals surface area contributed by atoms with Crippen LogP contribution in [0.15, 0.2) is 6.20 Å². The summed E-state index contributed by atoms with van der Waals surface area (Å²) < 4.78 is 11.1. The van der Waals surface area contributed by atoms with Crippen LogP contribution in [0.1, 0.15) is 41.7 Å². The van der Waals surface area contributed by atoms with E-state index >= 15 is 0 Å². The molecule has 7 heteroatoms. The summed E-state index contributed by atoms with van der Waals surface area (Å²) in [6, 6.07) is 0.108. The predicted molar refractivity (Wildman–Crippen MR) is 97.3 cm³/mol. The number of anilines is 1. The number of carbonyl (C=O) groups is 1. The Bertz CT molecular complexity index is 662. The highest BCUT2D eigenvalue weighted by atomic mass is 16.5. The molecule has 1 amide bonds. The van der Waals surface area contributed by atoms with Gasteiger partial charge in [-0.1, -0.05) is 0 Å². The van der Waals surface area contributed by atoms with E-state index in [1.165, 1.54) is 19.3 Å². The lowest BCUT2D eigenvalue weighted by molar-refractivity contribution is -0.0809. The zero-order valence-electron chi connectivity index (χ0n) is 15.6. The van der Waals surface area contributed by atoms with Crippen LogP contribution >= 0.6 is 0 Å². The van der Waals surface area contributed by atoms with E-state index in [2.05, 4.69) is 20.2 Å². The molecule has 1 aromatic heterocycles. The van der Waals surface area contributed by atoms with Crippen molar-refractivity contribution in [2.75, 3.05) is 38.3 Å². The highest BCUT2D eigenvalue weighted by Gasteiger charge is 2.54. The average Bonchev–Trinajstić information content (AvgIpc) is 3.09. The molecule has 3 fully saturated rings. The second-order valence-corrected chi connectivity index (χ2v) is 7.62. The quantitative estimate of drug-likeness (QED) is 0.859. The molecule has 0 spiro atoms. The molecule has 0 bridgehead atoms. The number of carbonyl (C=O) groups excluding carboxylic acids is 1. The number of nitrogens with one attached hydrogen (secondary N) is 1. The third-order valence-electron chi connectivity index (χ3n) is 6.04. The van der Waals surface area contributed by atoms with Crippen molar-refractivity contribution in [2.24, 2.45) is 11.8 Å². The maximum Gasteiger partial charge on any atom is 0.254 e. The van der Waals surface area contributed by atoms with E-state index < -0.39 is 0 Å². The van der Waals surface area contributed by atoms with Crippen LogP contribution in [0.2, 0.25) is 0 Å². The molecule has 0 aromatic carbocycles. The second kappa shape index (κ2) is 7.48. The first-order valence-electron chi connectivity index (χ1n) is 9.69. The maximum atomic E-state index is 12.8. The van der Waals surface area contributed by atoms with Crippen LogP contribution in [-0.2, 0) is 9.47 Å². The highest BCUT2D eigenvalue weighted by molar-refractivity contribution is 5.95. The molecule has 142 valence electrons. The Morgan fingerprint density at radius 3 is 2.92 bits per heavy atom. The Kier molecular flexibility index (Phi) is 5.09. The summed E-state index contributed by atoms with van der Waals surface area (Å²) in [5.74, 6) is 1.27. The topological polar surface area (TPSA) is 76.6 Å². The maximum absolute atomic E-state index is 12.8. The SMILES string of the molecule is COC[C@H]1[C@@H](NC(=O)c2cnc(N3CCCCC3)nc2C)[C@H]2CCO[C@H]21. The first-order valence-corrected chi connectivity index (χ1v) is 9.69. The number of methoxy groups -OCH3 is 1.